The number of nitrogens with two attached hydrogens (primary N) is 1. The van der Waals surface area contributed by atoms with Crippen molar-refractivity contribution >= 4 is 11.5 Å². The van der Waals surface area contributed by atoms with E-state index in [9.17, 15) is 0 Å². The van der Waals surface area contributed by atoms with Gasteiger partial charge in [0.2, 0.25) is 0 Å². The molecule has 1 saturated heterocycles. The molecule has 3 aliphatic rings. The van der Waals surface area contributed by atoms with Gasteiger partial charge in [0.1, 0.15) is 5.84 Å². The summed E-state index contributed by atoms with van der Waals surface area (Å²) in [4.78, 5) is 7.14. The van der Waals surface area contributed by atoms with Crippen LogP contribution in [-0.4, -0.2) is 44.1 Å². The maximum absolute atomic E-state index is 6.23. The maximum atomic E-state index is 6.23. The molecule has 0 amide bonds. The molecule has 2 N–H and O–H groups in total. The summed E-state index contributed by atoms with van der Waals surface area (Å²) in [5, 5.41) is 0. The fourth-order valence-electron chi connectivity index (χ4n) is 4.43. The molecule has 2 fully saturated rings. The van der Waals surface area contributed by atoms with E-state index in [1.807, 2.05) is 6.07 Å². The smallest absolute Gasteiger partial charge is 0.163 e. The molecular weight excluding hydrogens is 314 g/mol. The van der Waals surface area contributed by atoms with Crippen LogP contribution in [0.15, 0.2) is 17.1 Å². The summed E-state index contributed by atoms with van der Waals surface area (Å²) in [5.41, 5.74) is 8.37. The van der Waals surface area contributed by atoms with E-state index in [2.05, 4.69) is 22.9 Å². The average molecular weight is 343 g/mol. The highest BCUT2D eigenvalue weighted by atomic mass is 16.5. The fourth-order valence-corrected chi connectivity index (χ4v) is 4.43. The standard InChI is InChI=1S/C20H29N3O2/c1-14-5-9-23(13-14)8-4-10-25-18-12-16-15(11-17(18)24-2)20(6-3-7-20)19(21)22-16/h11-12,14H,3-10,13H2,1-2H3,(H2,21,22)/t14-/m1/s1. The second kappa shape index (κ2) is 6.52. The summed E-state index contributed by atoms with van der Waals surface area (Å²) in [6.45, 7) is 6.57. The summed E-state index contributed by atoms with van der Waals surface area (Å²) in [6.07, 6.45) is 5.74. The Morgan fingerprint density at radius 2 is 2.16 bits per heavy atom. The van der Waals surface area contributed by atoms with Crippen LogP contribution in [0, 0.1) is 5.92 Å². The molecule has 1 spiro atoms. The third-order valence-electron chi connectivity index (χ3n) is 6.12. The molecular formula is C20H29N3O2. The van der Waals surface area contributed by atoms with Crippen molar-refractivity contribution in [1.29, 1.82) is 0 Å². The molecule has 5 nitrogen and oxygen atoms in total. The molecule has 1 aromatic carbocycles. The fraction of sp³-hybridized carbons (Fsp3) is 0.650. The van der Waals surface area contributed by atoms with Crippen molar-refractivity contribution in [3.05, 3.63) is 17.7 Å². The highest BCUT2D eigenvalue weighted by molar-refractivity contribution is 6.00. The van der Waals surface area contributed by atoms with Gasteiger partial charge in [-0.15, -0.1) is 0 Å². The van der Waals surface area contributed by atoms with E-state index in [1.165, 1.54) is 31.5 Å². The number of aliphatic imine (C=N–C) groups is 1. The lowest BCUT2D eigenvalue weighted by Gasteiger charge is -2.38. The Kier molecular flexibility index (Phi) is 4.36. The number of nitrogens with zero attached hydrogens (tertiary/aromatic N) is 2. The first-order valence-electron chi connectivity index (χ1n) is 9.55. The van der Waals surface area contributed by atoms with Crippen LogP contribution in [0.25, 0.3) is 0 Å². The van der Waals surface area contributed by atoms with Crippen LogP contribution >= 0.6 is 0 Å². The van der Waals surface area contributed by atoms with Crippen LogP contribution in [0.3, 0.4) is 0 Å². The Labute approximate surface area is 150 Å². The number of ether oxygens (including phenoxy) is 2. The van der Waals surface area contributed by atoms with Gasteiger partial charge in [-0.1, -0.05) is 13.3 Å². The van der Waals surface area contributed by atoms with Crippen molar-refractivity contribution < 1.29 is 9.47 Å². The first-order valence-corrected chi connectivity index (χ1v) is 9.55. The number of hydrogen-bond donors (Lipinski definition) is 1. The molecule has 1 aliphatic carbocycles. The van der Waals surface area contributed by atoms with Gasteiger partial charge in [-0.3, -0.25) is 0 Å². The molecule has 0 radical (unpaired) electrons. The van der Waals surface area contributed by atoms with Gasteiger partial charge in [-0.2, -0.15) is 0 Å². The molecule has 136 valence electrons. The largest absolute Gasteiger partial charge is 0.493 e. The number of benzene rings is 1. The lowest BCUT2D eigenvalue weighted by atomic mass is 9.64. The monoisotopic (exact) mass is 343 g/mol. The van der Waals surface area contributed by atoms with Crippen molar-refractivity contribution in [2.75, 3.05) is 33.4 Å². The Hall–Kier alpha value is -1.75. The Bertz CT molecular complexity index is 682. The second-order valence-electron chi connectivity index (χ2n) is 7.85. The molecule has 5 heteroatoms. The molecule has 4 rings (SSSR count). The Morgan fingerprint density at radius 3 is 2.80 bits per heavy atom. The molecule has 2 heterocycles. The lowest BCUT2D eigenvalue weighted by Crippen LogP contribution is -2.44. The molecule has 1 atom stereocenters. The van der Waals surface area contributed by atoms with Crippen LogP contribution in [0.5, 0.6) is 11.5 Å². The normalized spacial score (nSPS) is 24.1. The van der Waals surface area contributed by atoms with Gasteiger partial charge in [-0.05, 0) is 49.8 Å². The van der Waals surface area contributed by atoms with Crippen LogP contribution < -0.4 is 15.2 Å². The maximum Gasteiger partial charge on any atom is 0.163 e. The van der Waals surface area contributed by atoms with Crippen molar-refractivity contribution in [3.8, 4) is 11.5 Å². The number of methoxy groups -OCH3 is 1. The van der Waals surface area contributed by atoms with E-state index in [4.69, 9.17) is 15.2 Å². The van der Waals surface area contributed by atoms with Gasteiger partial charge in [0.25, 0.3) is 0 Å². The van der Waals surface area contributed by atoms with E-state index < -0.39 is 0 Å². The highest BCUT2D eigenvalue weighted by Crippen LogP contribution is 2.53. The number of amidine groups is 1. The number of hydrogen-bond acceptors (Lipinski definition) is 5. The van der Waals surface area contributed by atoms with Gasteiger partial charge in [-0.25, -0.2) is 4.99 Å². The predicted molar refractivity (Wildman–Crippen MR) is 100 cm³/mol. The van der Waals surface area contributed by atoms with E-state index in [-0.39, 0.29) is 5.41 Å². The van der Waals surface area contributed by atoms with Gasteiger partial charge in [0, 0.05) is 19.2 Å². The van der Waals surface area contributed by atoms with Gasteiger partial charge < -0.3 is 20.1 Å². The molecule has 25 heavy (non-hydrogen) atoms. The van der Waals surface area contributed by atoms with Crippen molar-refractivity contribution in [2.24, 2.45) is 16.6 Å². The first-order chi connectivity index (χ1) is 12.1. The van der Waals surface area contributed by atoms with Crippen LogP contribution in [0.4, 0.5) is 5.69 Å². The minimum Gasteiger partial charge on any atom is -0.493 e. The van der Waals surface area contributed by atoms with Crippen LogP contribution in [-0.2, 0) is 5.41 Å². The summed E-state index contributed by atoms with van der Waals surface area (Å²) in [5.74, 6) is 3.17. The number of likely N-dealkylation sites (tertiary alicyclic amines) is 1. The third kappa shape index (κ3) is 2.88. The van der Waals surface area contributed by atoms with Crippen LogP contribution in [0.2, 0.25) is 0 Å². The summed E-state index contributed by atoms with van der Waals surface area (Å²) < 4.78 is 11.6. The molecule has 0 aromatic heterocycles. The Morgan fingerprint density at radius 1 is 1.32 bits per heavy atom. The van der Waals surface area contributed by atoms with E-state index in [1.54, 1.807) is 7.11 Å². The van der Waals surface area contributed by atoms with Gasteiger partial charge >= 0.3 is 0 Å². The Balaban J connectivity index is 1.41. The van der Waals surface area contributed by atoms with E-state index in [0.717, 1.165) is 54.7 Å². The molecule has 2 aliphatic heterocycles. The van der Waals surface area contributed by atoms with Gasteiger partial charge in [0.15, 0.2) is 11.5 Å². The van der Waals surface area contributed by atoms with Crippen molar-refractivity contribution in [1.82, 2.24) is 4.90 Å². The quantitative estimate of drug-likeness (QED) is 0.806. The number of fused-ring (bicyclic) bond motifs is 2. The summed E-state index contributed by atoms with van der Waals surface area (Å²) in [6, 6.07) is 4.10. The molecule has 0 bridgehead atoms. The summed E-state index contributed by atoms with van der Waals surface area (Å²) >= 11 is 0. The zero-order valence-electron chi connectivity index (χ0n) is 15.4. The first kappa shape index (κ1) is 16.7. The molecule has 1 saturated carbocycles. The third-order valence-corrected chi connectivity index (χ3v) is 6.12. The zero-order valence-corrected chi connectivity index (χ0v) is 15.4. The second-order valence-corrected chi connectivity index (χ2v) is 7.85. The predicted octanol–water partition coefficient (Wildman–Crippen LogP) is 3.23. The van der Waals surface area contributed by atoms with Crippen molar-refractivity contribution in [2.45, 2.75) is 44.4 Å². The summed E-state index contributed by atoms with van der Waals surface area (Å²) in [7, 11) is 1.70. The molecule has 0 unspecified atom stereocenters. The van der Waals surface area contributed by atoms with Crippen LogP contribution in [0.1, 0.15) is 44.6 Å². The van der Waals surface area contributed by atoms with E-state index >= 15 is 0 Å². The topological polar surface area (TPSA) is 60.1 Å². The van der Waals surface area contributed by atoms with Gasteiger partial charge in [0.05, 0.1) is 24.8 Å². The van der Waals surface area contributed by atoms with E-state index in [0.29, 0.717) is 6.61 Å². The minimum atomic E-state index is -0.0341. The minimum absolute atomic E-state index is 0.0341. The molecule has 1 aromatic rings. The lowest BCUT2D eigenvalue weighted by molar-refractivity contribution is 0.251. The zero-order chi connectivity index (χ0) is 17.4. The SMILES string of the molecule is COc1cc2c(cc1OCCCN1CC[C@@H](C)C1)N=C(N)C21CCC1. The number of rotatable bonds is 6. The highest BCUT2D eigenvalue weighted by Gasteiger charge is 2.47. The van der Waals surface area contributed by atoms with Crippen molar-refractivity contribution in [3.63, 3.8) is 0 Å². The average Bonchev–Trinajstić information content (AvgIpc) is 3.09.